The molecule has 0 saturated carbocycles. The number of morpholine rings is 1. The van der Waals surface area contributed by atoms with Crippen molar-refractivity contribution in [3.8, 4) is 0 Å². The molecule has 0 aromatic heterocycles. The van der Waals surface area contributed by atoms with E-state index in [9.17, 15) is 4.79 Å². The summed E-state index contributed by atoms with van der Waals surface area (Å²) in [6.07, 6.45) is 1.90. The van der Waals surface area contributed by atoms with Crippen molar-refractivity contribution < 1.29 is 9.53 Å². The fourth-order valence-corrected chi connectivity index (χ4v) is 3.66. The average Bonchev–Trinajstić information content (AvgIpc) is 2.63. The monoisotopic (exact) mass is 403 g/mol. The number of rotatable bonds is 5. The third-order valence-corrected chi connectivity index (χ3v) is 4.99. The predicted octanol–water partition coefficient (Wildman–Crippen LogP) is 2.19. The molecule has 1 aromatic carbocycles. The Balaban J connectivity index is 0.00000169. The molecule has 1 unspecified atom stereocenters. The number of halogens is 2. The smallest absolute Gasteiger partial charge is 0.253 e. The molecule has 1 amide bonds. The number of hydrogen-bond acceptors (Lipinski definition) is 4. The molecular formula is C19H31Cl2N3O2. The van der Waals surface area contributed by atoms with Gasteiger partial charge in [-0.15, -0.1) is 24.8 Å². The van der Waals surface area contributed by atoms with Crippen LogP contribution in [0.2, 0.25) is 0 Å². The summed E-state index contributed by atoms with van der Waals surface area (Å²) in [4.78, 5) is 16.9. The SMILES string of the molecule is CN(Cc1ccccc1)CC1CCN(C(=O)C2CNCCO2)CC1.Cl.Cl. The fourth-order valence-electron chi connectivity index (χ4n) is 3.66. The van der Waals surface area contributed by atoms with Gasteiger partial charge in [0.25, 0.3) is 5.91 Å². The maximum absolute atomic E-state index is 12.5. The average molecular weight is 404 g/mol. The van der Waals surface area contributed by atoms with Gasteiger partial charge in [-0.2, -0.15) is 0 Å². The molecule has 1 atom stereocenters. The Morgan fingerprint density at radius 2 is 1.92 bits per heavy atom. The molecule has 0 bridgehead atoms. The Labute approximate surface area is 169 Å². The zero-order valence-corrected chi connectivity index (χ0v) is 17.1. The normalized spacial score (nSPS) is 21.0. The van der Waals surface area contributed by atoms with Gasteiger partial charge in [-0.3, -0.25) is 4.79 Å². The van der Waals surface area contributed by atoms with Gasteiger partial charge in [0.2, 0.25) is 0 Å². The number of likely N-dealkylation sites (tertiary alicyclic amines) is 1. The van der Waals surface area contributed by atoms with Crippen LogP contribution in [-0.2, 0) is 16.1 Å². The summed E-state index contributed by atoms with van der Waals surface area (Å²) in [6, 6.07) is 10.6. The Morgan fingerprint density at radius 1 is 1.23 bits per heavy atom. The van der Waals surface area contributed by atoms with E-state index in [1.807, 2.05) is 4.90 Å². The molecule has 0 radical (unpaired) electrons. The summed E-state index contributed by atoms with van der Waals surface area (Å²) in [6.45, 7) is 5.94. The molecule has 2 aliphatic rings. The van der Waals surface area contributed by atoms with Crippen LogP contribution in [0.3, 0.4) is 0 Å². The number of ether oxygens (including phenoxy) is 1. The third-order valence-electron chi connectivity index (χ3n) is 4.99. The van der Waals surface area contributed by atoms with Crippen molar-refractivity contribution in [1.29, 1.82) is 0 Å². The maximum Gasteiger partial charge on any atom is 0.253 e. The van der Waals surface area contributed by atoms with Gasteiger partial charge in [0.1, 0.15) is 6.10 Å². The fraction of sp³-hybridized carbons (Fsp3) is 0.632. The van der Waals surface area contributed by atoms with E-state index in [1.54, 1.807) is 0 Å². The second-order valence-corrected chi connectivity index (χ2v) is 7.01. The van der Waals surface area contributed by atoms with Crippen LogP contribution in [-0.4, -0.2) is 68.2 Å². The molecule has 2 fully saturated rings. The van der Waals surface area contributed by atoms with Crippen molar-refractivity contribution in [2.75, 3.05) is 46.4 Å². The van der Waals surface area contributed by atoms with Crippen molar-refractivity contribution in [2.45, 2.75) is 25.5 Å². The molecule has 5 nitrogen and oxygen atoms in total. The maximum atomic E-state index is 12.5. The molecule has 2 heterocycles. The highest BCUT2D eigenvalue weighted by molar-refractivity contribution is 5.85. The summed E-state index contributed by atoms with van der Waals surface area (Å²) in [7, 11) is 2.19. The highest BCUT2D eigenvalue weighted by atomic mass is 35.5. The topological polar surface area (TPSA) is 44.8 Å². The van der Waals surface area contributed by atoms with Crippen LogP contribution in [0.25, 0.3) is 0 Å². The first-order valence-electron chi connectivity index (χ1n) is 9.06. The molecular weight excluding hydrogens is 373 g/mol. The van der Waals surface area contributed by atoms with Gasteiger partial charge in [0, 0.05) is 39.3 Å². The van der Waals surface area contributed by atoms with Crippen molar-refractivity contribution in [3.63, 3.8) is 0 Å². The number of benzene rings is 1. The van der Waals surface area contributed by atoms with E-state index < -0.39 is 0 Å². The van der Waals surface area contributed by atoms with E-state index in [-0.39, 0.29) is 36.8 Å². The summed E-state index contributed by atoms with van der Waals surface area (Å²) in [5.74, 6) is 0.839. The first-order valence-corrected chi connectivity index (χ1v) is 9.06. The lowest BCUT2D eigenvalue weighted by Crippen LogP contribution is -2.51. The summed E-state index contributed by atoms with van der Waals surface area (Å²) >= 11 is 0. The minimum absolute atomic E-state index is 0. The van der Waals surface area contributed by atoms with Gasteiger partial charge in [-0.1, -0.05) is 30.3 Å². The Hall–Kier alpha value is -0.850. The molecule has 148 valence electrons. The quantitative estimate of drug-likeness (QED) is 0.817. The lowest BCUT2D eigenvalue weighted by atomic mass is 9.95. The van der Waals surface area contributed by atoms with E-state index in [4.69, 9.17) is 4.74 Å². The molecule has 2 aliphatic heterocycles. The number of piperidine rings is 1. The van der Waals surface area contributed by atoms with E-state index in [0.717, 1.165) is 45.6 Å². The molecule has 7 heteroatoms. The van der Waals surface area contributed by atoms with E-state index in [2.05, 4.69) is 47.6 Å². The van der Waals surface area contributed by atoms with Crippen LogP contribution in [0.1, 0.15) is 18.4 Å². The van der Waals surface area contributed by atoms with Crippen molar-refractivity contribution in [1.82, 2.24) is 15.1 Å². The van der Waals surface area contributed by atoms with Crippen LogP contribution in [0.5, 0.6) is 0 Å². The van der Waals surface area contributed by atoms with Crippen molar-refractivity contribution in [2.24, 2.45) is 5.92 Å². The molecule has 0 aliphatic carbocycles. The number of carbonyl (C=O) groups is 1. The third kappa shape index (κ3) is 6.71. The van der Waals surface area contributed by atoms with Crippen molar-refractivity contribution in [3.05, 3.63) is 35.9 Å². The zero-order chi connectivity index (χ0) is 16.8. The van der Waals surface area contributed by atoms with E-state index >= 15 is 0 Å². The van der Waals surface area contributed by atoms with Gasteiger partial charge < -0.3 is 19.9 Å². The summed E-state index contributed by atoms with van der Waals surface area (Å²) in [5, 5.41) is 3.23. The van der Waals surface area contributed by atoms with Gasteiger partial charge in [-0.25, -0.2) is 0 Å². The number of amides is 1. The number of nitrogens with one attached hydrogen (secondary N) is 1. The van der Waals surface area contributed by atoms with E-state index in [1.165, 1.54) is 5.56 Å². The highest BCUT2D eigenvalue weighted by Crippen LogP contribution is 2.20. The van der Waals surface area contributed by atoms with Crippen LogP contribution >= 0.6 is 24.8 Å². The number of nitrogens with zero attached hydrogens (tertiary/aromatic N) is 2. The lowest BCUT2D eigenvalue weighted by Gasteiger charge is -2.36. The van der Waals surface area contributed by atoms with Crippen LogP contribution < -0.4 is 5.32 Å². The summed E-state index contributed by atoms with van der Waals surface area (Å²) < 4.78 is 5.59. The number of carbonyl (C=O) groups excluding carboxylic acids is 1. The molecule has 26 heavy (non-hydrogen) atoms. The van der Waals surface area contributed by atoms with Gasteiger partial charge in [-0.05, 0) is 31.4 Å². The Kier molecular flexibility index (Phi) is 10.5. The van der Waals surface area contributed by atoms with Crippen LogP contribution in [0.15, 0.2) is 30.3 Å². The Bertz CT molecular complexity index is 519. The Morgan fingerprint density at radius 3 is 2.54 bits per heavy atom. The van der Waals surface area contributed by atoms with Gasteiger partial charge in [0.05, 0.1) is 6.61 Å². The van der Waals surface area contributed by atoms with Gasteiger partial charge in [0.15, 0.2) is 0 Å². The summed E-state index contributed by atoms with van der Waals surface area (Å²) in [5.41, 5.74) is 1.36. The molecule has 3 rings (SSSR count). The second kappa shape index (κ2) is 11.8. The highest BCUT2D eigenvalue weighted by Gasteiger charge is 2.30. The van der Waals surface area contributed by atoms with Crippen LogP contribution in [0.4, 0.5) is 0 Å². The first-order chi connectivity index (χ1) is 11.7. The minimum Gasteiger partial charge on any atom is -0.366 e. The standard InChI is InChI=1S/C19H29N3O2.2ClH/c1-21(14-16-5-3-2-4-6-16)15-17-7-10-22(11-8-17)19(23)18-13-20-9-12-24-18;;/h2-6,17-18,20H,7-15H2,1H3;2*1H. The van der Waals surface area contributed by atoms with Crippen molar-refractivity contribution >= 4 is 30.7 Å². The zero-order valence-electron chi connectivity index (χ0n) is 15.4. The molecule has 0 spiro atoms. The van der Waals surface area contributed by atoms with E-state index in [0.29, 0.717) is 19.1 Å². The number of hydrogen-bond donors (Lipinski definition) is 1. The minimum atomic E-state index is -0.281. The van der Waals surface area contributed by atoms with Gasteiger partial charge >= 0.3 is 0 Å². The second-order valence-electron chi connectivity index (χ2n) is 7.01. The van der Waals surface area contributed by atoms with Crippen LogP contribution in [0, 0.1) is 5.92 Å². The molecule has 1 N–H and O–H groups in total. The lowest BCUT2D eigenvalue weighted by molar-refractivity contribution is -0.146. The predicted molar refractivity (Wildman–Crippen MR) is 109 cm³/mol. The molecule has 1 aromatic rings. The largest absolute Gasteiger partial charge is 0.366 e. The first kappa shape index (κ1) is 23.2. The molecule has 2 saturated heterocycles.